The van der Waals surface area contributed by atoms with Gasteiger partial charge in [-0.25, -0.2) is 9.59 Å². The lowest BCUT2D eigenvalue weighted by Gasteiger charge is -2.13. The number of anilines is 4. The molecule has 45 heavy (non-hydrogen) atoms. The van der Waals surface area contributed by atoms with Crippen LogP contribution in [0.4, 0.5) is 40.7 Å². The normalized spacial score (nSPS) is 13.3. The molecule has 0 saturated heterocycles. The first-order chi connectivity index (χ1) is 21.2. The van der Waals surface area contributed by atoms with Gasteiger partial charge in [-0.3, -0.25) is 9.59 Å². The Morgan fingerprint density at radius 3 is 2.29 bits per heavy atom. The van der Waals surface area contributed by atoms with Crippen LogP contribution >= 0.6 is 0 Å². The van der Waals surface area contributed by atoms with E-state index in [1.54, 1.807) is 57.2 Å². The number of aromatic nitrogens is 1. The number of fused-ring (bicyclic) bond motifs is 1. The Labute approximate surface area is 254 Å². The van der Waals surface area contributed by atoms with Gasteiger partial charge in [0.25, 0.3) is 11.8 Å². The highest BCUT2D eigenvalue weighted by Gasteiger charge is 2.31. The predicted molar refractivity (Wildman–Crippen MR) is 163 cm³/mol. The molecule has 230 valence electrons. The third kappa shape index (κ3) is 6.42. The fourth-order valence-corrected chi connectivity index (χ4v) is 4.96. The van der Waals surface area contributed by atoms with E-state index in [1.807, 2.05) is 0 Å². The second-order valence-electron chi connectivity index (χ2n) is 10.4. The van der Waals surface area contributed by atoms with Crippen LogP contribution in [0.5, 0.6) is 0 Å². The van der Waals surface area contributed by atoms with E-state index in [2.05, 4.69) is 26.3 Å². The Kier molecular flexibility index (Phi) is 7.94. The Balaban J connectivity index is 1.28. The number of benzene rings is 3. The number of amides is 4. The molecule has 0 atom stereocenters. The summed E-state index contributed by atoms with van der Waals surface area (Å²) in [6.45, 7) is 5.01. The fourth-order valence-electron chi connectivity index (χ4n) is 4.96. The Morgan fingerprint density at radius 1 is 0.889 bits per heavy atom. The number of H-pyrrole nitrogens is 1. The minimum absolute atomic E-state index is 0.143. The zero-order valence-electron chi connectivity index (χ0n) is 24.1. The van der Waals surface area contributed by atoms with Gasteiger partial charge in [0.15, 0.2) is 0 Å². The molecule has 4 amide bonds. The highest BCUT2D eigenvalue weighted by molar-refractivity contribution is 6.35. The molecule has 2 heterocycles. The van der Waals surface area contributed by atoms with Crippen LogP contribution in [-0.4, -0.2) is 33.9 Å². The van der Waals surface area contributed by atoms with Crippen molar-refractivity contribution in [3.05, 3.63) is 105 Å². The van der Waals surface area contributed by atoms with Crippen LogP contribution < -0.4 is 21.3 Å². The van der Waals surface area contributed by atoms with Crippen LogP contribution in [0.1, 0.15) is 54.4 Å². The SMILES string of the molecule is Cc1ccc(NC(=O)c2cccc(C(F)(F)F)c2)cc1NC(=O)Nc1ccc2c(c1)NC(=O)C2=Cc1[nH]c(C)c(C(=O)O)c1C. The minimum atomic E-state index is -4.59. The highest BCUT2D eigenvalue weighted by Crippen LogP contribution is 2.36. The van der Waals surface area contributed by atoms with Crippen molar-refractivity contribution in [1.82, 2.24) is 4.98 Å². The summed E-state index contributed by atoms with van der Waals surface area (Å²) in [5.41, 5.74) is 3.41. The maximum Gasteiger partial charge on any atom is 0.416 e. The molecule has 13 heteroatoms. The molecule has 0 radical (unpaired) electrons. The van der Waals surface area contributed by atoms with E-state index < -0.39 is 35.6 Å². The van der Waals surface area contributed by atoms with Crippen LogP contribution in [0.25, 0.3) is 11.6 Å². The molecule has 0 bridgehead atoms. The number of alkyl halides is 3. The van der Waals surface area contributed by atoms with Crippen LogP contribution in [-0.2, 0) is 11.0 Å². The summed E-state index contributed by atoms with van der Waals surface area (Å²) < 4.78 is 39.1. The Bertz CT molecular complexity index is 1930. The zero-order valence-corrected chi connectivity index (χ0v) is 24.1. The quantitative estimate of drug-likeness (QED) is 0.128. The third-order valence-corrected chi connectivity index (χ3v) is 7.23. The van der Waals surface area contributed by atoms with Gasteiger partial charge in [0.2, 0.25) is 0 Å². The van der Waals surface area contributed by atoms with Crippen molar-refractivity contribution < 1.29 is 37.5 Å². The number of carboxylic acid groups (broad SMARTS) is 1. The molecule has 4 aromatic rings. The Hall–Kier alpha value is -5.85. The van der Waals surface area contributed by atoms with E-state index in [1.165, 1.54) is 12.1 Å². The average molecular weight is 618 g/mol. The van der Waals surface area contributed by atoms with Crippen molar-refractivity contribution in [2.24, 2.45) is 0 Å². The molecule has 0 aliphatic carbocycles. The first kappa shape index (κ1) is 30.6. The standard InChI is InChI=1S/C32H26F3N5O5/c1-15-7-8-20(37-28(41)18-5-4-6-19(11-18)32(33,34)35)12-24(15)40-31(45)38-21-9-10-22-23(29(42)39-26(22)13-21)14-25-16(2)27(30(43)44)17(3)36-25/h4-14,36H,1-3H3,(H,37,41)(H,39,42)(H,43,44)(H2,38,40,45). The van der Waals surface area contributed by atoms with E-state index in [-0.39, 0.29) is 16.8 Å². The van der Waals surface area contributed by atoms with Gasteiger partial charge in [0, 0.05) is 39.6 Å². The Morgan fingerprint density at radius 2 is 1.60 bits per heavy atom. The number of aromatic amines is 1. The monoisotopic (exact) mass is 617 g/mol. The maximum atomic E-state index is 13.0. The van der Waals surface area contributed by atoms with Crippen LogP contribution in [0, 0.1) is 20.8 Å². The summed E-state index contributed by atoms with van der Waals surface area (Å²) in [5, 5.41) is 20.1. The van der Waals surface area contributed by atoms with E-state index in [0.29, 0.717) is 50.7 Å². The average Bonchev–Trinajstić information content (AvgIpc) is 3.43. The number of hydrogen-bond donors (Lipinski definition) is 6. The van der Waals surface area contributed by atoms with Crippen molar-refractivity contribution in [1.29, 1.82) is 0 Å². The summed E-state index contributed by atoms with van der Waals surface area (Å²) in [6.07, 6.45) is -3.01. The van der Waals surface area contributed by atoms with Crippen molar-refractivity contribution in [3.63, 3.8) is 0 Å². The molecule has 1 aliphatic rings. The molecule has 1 aromatic heterocycles. The first-order valence-electron chi connectivity index (χ1n) is 13.5. The van der Waals surface area contributed by atoms with E-state index in [4.69, 9.17) is 0 Å². The summed E-state index contributed by atoms with van der Waals surface area (Å²) in [7, 11) is 0. The van der Waals surface area contributed by atoms with Crippen molar-refractivity contribution >= 4 is 58.2 Å². The summed E-state index contributed by atoms with van der Waals surface area (Å²) in [6, 6.07) is 12.9. The topological polar surface area (TPSA) is 152 Å². The minimum Gasteiger partial charge on any atom is -0.478 e. The number of carboxylic acids is 1. The first-order valence-corrected chi connectivity index (χ1v) is 13.5. The number of urea groups is 1. The molecular formula is C32H26F3N5O5. The molecule has 3 aromatic carbocycles. The molecule has 5 rings (SSSR count). The summed E-state index contributed by atoms with van der Waals surface area (Å²) in [5.74, 6) is -2.22. The molecular weight excluding hydrogens is 591 g/mol. The van der Waals surface area contributed by atoms with Gasteiger partial charge < -0.3 is 31.4 Å². The summed E-state index contributed by atoms with van der Waals surface area (Å²) >= 11 is 0. The second-order valence-corrected chi connectivity index (χ2v) is 10.4. The molecule has 0 fully saturated rings. The number of halogens is 3. The van der Waals surface area contributed by atoms with E-state index in [0.717, 1.165) is 18.2 Å². The van der Waals surface area contributed by atoms with Crippen molar-refractivity contribution in [2.75, 3.05) is 21.3 Å². The molecule has 10 nitrogen and oxygen atoms in total. The molecule has 6 N–H and O–H groups in total. The van der Waals surface area contributed by atoms with Gasteiger partial charge in [0.05, 0.1) is 22.4 Å². The van der Waals surface area contributed by atoms with Crippen LogP contribution in [0.15, 0.2) is 60.7 Å². The van der Waals surface area contributed by atoms with E-state index >= 15 is 0 Å². The number of nitrogens with one attached hydrogen (secondary N) is 5. The van der Waals surface area contributed by atoms with Crippen LogP contribution in [0.2, 0.25) is 0 Å². The lowest BCUT2D eigenvalue weighted by Crippen LogP contribution is -2.20. The van der Waals surface area contributed by atoms with Crippen LogP contribution in [0.3, 0.4) is 0 Å². The summed E-state index contributed by atoms with van der Waals surface area (Å²) in [4.78, 5) is 52.8. The number of aromatic carboxylic acids is 1. The van der Waals surface area contributed by atoms with Crippen molar-refractivity contribution in [3.8, 4) is 0 Å². The second kappa shape index (κ2) is 11.7. The maximum absolute atomic E-state index is 13.0. The molecule has 0 unspecified atom stereocenters. The van der Waals surface area contributed by atoms with Gasteiger partial charge in [-0.15, -0.1) is 0 Å². The van der Waals surface area contributed by atoms with Gasteiger partial charge in [-0.1, -0.05) is 18.2 Å². The predicted octanol–water partition coefficient (Wildman–Crippen LogP) is 7.05. The largest absolute Gasteiger partial charge is 0.478 e. The molecule has 1 aliphatic heterocycles. The smallest absolute Gasteiger partial charge is 0.416 e. The number of aryl methyl sites for hydroxylation is 2. The molecule has 0 saturated carbocycles. The zero-order chi connectivity index (χ0) is 32.6. The lowest BCUT2D eigenvalue weighted by molar-refractivity contribution is -0.137. The highest BCUT2D eigenvalue weighted by atomic mass is 19.4. The number of carbonyl (C=O) groups is 4. The molecule has 0 spiro atoms. The fraction of sp³-hybridized carbons (Fsp3) is 0.125. The van der Waals surface area contributed by atoms with E-state index in [9.17, 15) is 37.5 Å². The van der Waals surface area contributed by atoms with Gasteiger partial charge in [-0.2, -0.15) is 13.2 Å². The van der Waals surface area contributed by atoms with Gasteiger partial charge >= 0.3 is 18.2 Å². The van der Waals surface area contributed by atoms with Crippen molar-refractivity contribution in [2.45, 2.75) is 26.9 Å². The number of rotatable bonds is 6. The number of hydrogen-bond acceptors (Lipinski definition) is 4. The van der Waals surface area contributed by atoms with Gasteiger partial charge in [-0.05, 0) is 80.4 Å². The number of carbonyl (C=O) groups excluding carboxylic acids is 3. The third-order valence-electron chi connectivity index (χ3n) is 7.23. The lowest BCUT2D eigenvalue weighted by atomic mass is 10.0. The van der Waals surface area contributed by atoms with Gasteiger partial charge in [0.1, 0.15) is 0 Å².